The molecule has 130 valence electrons. The Labute approximate surface area is 151 Å². The predicted octanol–water partition coefficient (Wildman–Crippen LogP) is 4.12. The van der Waals surface area contributed by atoms with Crippen LogP contribution >= 0.6 is 0 Å². The zero-order chi connectivity index (χ0) is 18.1. The maximum Gasteiger partial charge on any atom is 0.259 e. The van der Waals surface area contributed by atoms with E-state index in [9.17, 15) is 9.90 Å². The van der Waals surface area contributed by atoms with Crippen molar-refractivity contribution in [2.24, 2.45) is 0 Å². The molecule has 0 saturated carbocycles. The molecule has 1 aliphatic heterocycles. The molecule has 0 spiro atoms. The Kier molecular flexibility index (Phi) is 4.05. The molecule has 5 nitrogen and oxygen atoms in total. The van der Waals surface area contributed by atoms with Crippen LogP contribution in [0.3, 0.4) is 0 Å². The van der Waals surface area contributed by atoms with E-state index in [2.05, 4.69) is 34.3 Å². The first-order valence-corrected chi connectivity index (χ1v) is 8.56. The standard InChI is InChI=1S/C21H19N3O2/c1-14-13-15-5-2-3-7-19(15)24(14)20-18(6-4-12-22-20)21(26)23-16-8-10-17(25)11-9-16/h2-12,14,25H,13H2,1H3,(H,23,26). The highest BCUT2D eigenvalue weighted by Crippen LogP contribution is 2.38. The van der Waals surface area contributed by atoms with Crippen molar-refractivity contribution >= 4 is 23.1 Å². The summed E-state index contributed by atoms with van der Waals surface area (Å²) in [4.78, 5) is 19.5. The number of fused-ring (bicyclic) bond motifs is 1. The number of aromatic nitrogens is 1. The molecule has 2 N–H and O–H groups in total. The van der Waals surface area contributed by atoms with Crippen molar-refractivity contribution in [1.29, 1.82) is 0 Å². The summed E-state index contributed by atoms with van der Waals surface area (Å²) in [7, 11) is 0. The van der Waals surface area contributed by atoms with E-state index in [0.717, 1.165) is 12.1 Å². The third-order valence-corrected chi connectivity index (χ3v) is 4.59. The average molecular weight is 345 g/mol. The lowest BCUT2D eigenvalue weighted by atomic mass is 10.1. The zero-order valence-corrected chi connectivity index (χ0v) is 14.4. The summed E-state index contributed by atoms with van der Waals surface area (Å²) in [6.07, 6.45) is 2.63. The van der Waals surface area contributed by atoms with Gasteiger partial charge in [0.2, 0.25) is 0 Å². The topological polar surface area (TPSA) is 65.5 Å². The van der Waals surface area contributed by atoms with E-state index in [-0.39, 0.29) is 17.7 Å². The molecule has 2 aromatic carbocycles. The molecule has 0 fully saturated rings. The molecule has 0 saturated heterocycles. The molecule has 1 aliphatic rings. The summed E-state index contributed by atoms with van der Waals surface area (Å²) < 4.78 is 0. The van der Waals surface area contributed by atoms with Gasteiger partial charge in [0.05, 0.1) is 5.56 Å². The number of pyridine rings is 1. The first kappa shape index (κ1) is 16.1. The SMILES string of the molecule is CC1Cc2ccccc2N1c1ncccc1C(=O)Nc1ccc(O)cc1. The second-order valence-corrected chi connectivity index (χ2v) is 6.43. The normalized spacial score (nSPS) is 15.6. The molecule has 0 aliphatic carbocycles. The van der Waals surface area contributed by atoms with Crippen molar-refractivity contribution in [3.63, 3.8) is 0 Å². The van der Waals surface area contributed by atoms with Gasteiger partial charge in [0.15, 0.2) is 0 Å². The van der Waals surface area contributed by atoms with E-state index in [1.54, 1.807) is 42.6 Å². The van der Waals surface area contributed by atoms with Crippen LogP contribution in [0.15, 0.2) is 66.9 Å². The van der Waals surface area contributed by atoms with Crippen LogP contribution in [0.25, 0.3) is 0 Å². The lowest BCUT2D eigenvalue weighted by Crippen LogP contribution is -2.27. The van der Waals surface area contributed by atoms with Gasteiger partial charge in [-0.2, -0.15) is 0 Å². The molecule has 0 radical (unpaired) electrons. The maximum atomic E-state index is 12.9. The highest BCUT2D eigenvalue weighted by molar-refractivity contribution is 6.08. The molecular formula is C21H19N3O2. The monoisotopic (exact) mass is 345 g/mol. The lowest BCUT2D eigenvalue weighted by Gasteiger charge is -2.25. The maximum absolute atomic E-state index is 12.9. The van der Waals surface area contributed by atoms with Gasteiger partial charge in [-0.25, -0.2) is 4.98 Å². The van der Waals surface area contributed by atoms with Crippen molar-refractivity contribution in [3.8, 4) is 5.75 Å². The van der Waals surface area contributed by atoms with Gasteiger partial charge >= 0.3 is 0 Å². The average Bonchev–Trinajstić information content (AvgIpc) is 2.99. The van der Waals surface area contributed by atoms with Crippen LogP contribution in [0, 0.1) is 0 Å². The van der Waals surface area contributed by atoms with Gasteiger partial charge in [-0.15, -0.1) is 0 Å². The minimum Gasteiger partial charge on any atom is -0.508 e. The number of amides is 1. The second kappa shape index (κ2) is 6.52. The van der Waals surface area contributed by atoms with E-state index in [1.165, 1.54) is 5.56 Å². The Balaban J connectivity index is 1.69. The molecule has 4 rings (SSSR count). The Morgan fingerprint density at radius 2 is 1.88 bits per heavy atom. The quantitative estimate of drug-likeness (QED) is 0.701. The number of aromatic hydroxyl groups is 1. The first-order chi connectivity index (χ1) is 12.6. The summed E-state index contributed by atoms with van der Waals surface area (Å²) in [5.74, 6) is 0.587. The van der Waals surface area contributed by atoms with Crippen LogP contribution in [0.4, 0.5) is 17.2 Å². The number of nitrogens with one attached hydrogen (secondary N) is 1. The molecule has 2 heterocycles. The van der Waals surface area contributed by atoms with Crippen LogP contribution in [-0.4, -0.2) is 22.0 Å². The number of phenolic OH excluding ortho intramolecular Hbond substituents is 1. The Morgan fingerprint density at radius 1 is 1.12 bits per heavy atom. The first-order valence-electron chi connectivity index (χ1n) is 8.56. The van der Waals surface area contributed by atoms with Crippen LogP contribution in [-0.2, 0) is 6.42 Å². The molecule has 0 bridgehead atoms. The van der Waals surface area contributed by atoms with Crippen molar-refractivity contribution < 1.29 is 9.90 Å². The smallest absolute Gasteiger partial charge is 0.259 e. The number of hydrogen-bond donors (Lipinski definition) is 2. The van der Waals surface area contributed by atoms with Gasteiger partial charge in [-0.05, 0) is 61.4 Å². The minimum absolute atomic E-state index is 0.160. The lowest BCUT2D eigenvalue weighted by molar-refractivity contribution is 0.102. The Bertz CT molecular complexity index is 953. The molecule has 1 unspecified atom stereocenters. The highest BCUT2D eigenvalue weighted by atomic mass is 16.3. The number of nitrogens with zero attached hydrogens (tertiary/aromatic N) is 2. The van der Waals surface area contributed by atoms with Crippen LogP contribution in [0.5, 0.6) is 5.75 Å². The molecule has 1 aromatic heterocycles. The largest absolute Gasteiger partial charge is 0.508 e. The van der Waals surface area contributed by atoms with E-state index < -0.39 is 0 Å². The van der Waals surface area contributed by atoms with E-state index in [1.807, 2.05) is 12.1 Å². The number of carbonyl (C=O) groups is 1. The number of anilines is 3. The van der Waals surface area contributed by atoms with Crippen LogP contribution in [0.1, 0.15) is 22.8 Å². The summed E-state index contributed by atoms with van der Waals surface area (Å²) in [6.45, 7) is 2.14. The third-order valence-electron chi connectivity index (χ3n) is 4.59. The van der Waals surface area contributed by atoms with Gasteiger partial charge in [-0.3, -0.25) is 4.79 Å². The molecule has 5 heteroatoms. The van der Waals surface area contributed by atoms with E-state index in [0.29, 0.717) is 17.1 Å². The van der Waals surface area contributed by atoms with Gasteiger partial charge in [0.1, 0.15) is 11.6 Å². The summed E-state index contributed by atoms with van der Waals surface area (Å²) in [5, 5.41) is 12.3. The van der Waals surface area contributed by atoms with E-state index in [4.69, 9.17) is 0 Å². The number of rotatable bonds is 3. The summed E-state index contributed by atoms with van der Waals surface area (Å²) in [6, 6.07) is 18.4. The van der Waals surface area contributed by atoms with Gasteiger partial charge < -0.3 is 15.3 Å². The fourth-order valence-electron chi connectivity index (χ4n) is 3.40. The molecule has 26 heavy (non-hydrogen) atoms. The van der Waals surface area contributed by atoms with Crippen molar-refractivity contribution in [1.82, 2.24) is 4.98 Å². The van der Waals surface area contributed by atoms with Crippen molar-refractivity contribution in [3.05, 3.63) is 78.0 Å². The number of hydrogen-bond acceptors (Lipinski definition) is 4. The predicted molar refractivity (Wildman–Crippen MR) is 102 cm³/mol. The van der Waals surface area contributed by atoms with Gasteiger partial charge in [0.25, 0.3) is 5.91 Å². The molecule has 3 aromatic rings. The molecule has 1 amide bonds. The summed E-state index contributed by atoms with van der Waals surface area (Å²) in [5.41, 5.74) is 3.49. The minimum atomic E-state index is -0.227. The fraction of sp³-hybridized carbons (Fsp3) is 0.143. The Morgan fingerprint density at radius 3 is 2.69 bits per heavy atom. The van der Waals surface area contributed by atoms with Gasteiger partial charge in [0, 0.05) is 23.6 Å². The second-order valence-electron chi connectivity index (χ2n) is 6.43. The highest BCUT2D eigenvalue weighted by Gasteiger charge is 2.30. The van der Waals surface area contributed by atoms with Crippen molar-refractivity contribution in [2.45, 2.75) is 19.4 Å². The van der Waals surface area contributed by atoms with Crippen molar-refractivity contribution in [2.75, 3.05) is 10.2 Å². The van der Waals surface area contributed by atoms with Crippen LogP contribution in [0.2, 0.25) is 0 Å². The summed E-state index contributed by atoms with van der Waals surface area (Å²) >= 11 is 0. The molecule has 1 atom stereocenters. The number of para-hydroxylation sites is 1. The Hall–Kier alpha value is -3.34. The fourth-order valence-corrected chi connectivity index (χ4v) is 3.40. The molecular weight excluding hydrogens is 326 g/mol. The number of carbonyl (C=O) groups excluding carboxylic acids is 1. The zero-order valence-electron chi connectivity index (χ0n) is 14.4. The van der Waals surface area contributed by atoms with E-state index >= 15 is 0 Å². The third kappa shape index (κ3) is 2.88. The number of phenols is 1. The van der Waals surface area contributed by atoms with Gasteiger partial charge in [-0.1, -0.05) is 18.2 Å². The van der Waals surface area contributed by atoms with Crippen LogP contribution < -0.4 is 10.2 Å². The number of benzene rings is 2.